The van der Waals surface area contributed by atoms with Crippen molar-refractivity contribution in [3.8, 4) is 17.2 Å². The van der Waals surface area contributed by atoms with Crippen molar-refractivity contribution >= 4 is 41.1 Å². The average Bonchev–Trinajstić information content (AvgIpc) is 3.48. The molecule has 0 bridgehead atoms. The zero-order valence-electron chi connectivity index (χ0n) is 26.1. The Morgan fingerprint density at radius 2 is 1.68 bits per heavy atom. The average molecular weight is 676 g/mol. The van der Waals surface area contributed by atoms with Crippen LogP contribution >= 0.6 is 23.2 Å². The minimum atomic E-state index is -1.45. The summed E-state index contributed by atoms with van der Waals surface area (Å²) in [4.78, 5) is 19.6. The van der Waals surface area contributed by atoms with Crippen LogP contribution in [0.5, 0.6) is 17.2 Å². The molecule has 1 heterocycles. The Morgan fingerprint density at radius 3 is 2.34 bits per heavy atom. The van der Waals surface area contributed by atoms with Crippen molar-refractivity contribution in [3.05, 3.63) is 129 Å². The van der Waals surface area contributed by atoms with E-state index in [1.165, 1.54) is 0 Å². The Hall–Kier alpha value is -4.50. The van der Waals surface area contributed by atoms with E-state index in [2.05, 4.69) is 5.32 Å². The monoisotopic (exact) mass is 674 g/mol. The molecule has 1 aliphatic rings. The molecular weight excluding hydrogens is 639 g/mol. The third-order valence-electron chi connectivity index (χ3n) is 7.68. The lowest BCUT2D eigenvalue weighted by atomic mass is 9.84. The van der Waals surface area contributed by atoms with Gasteiger partial charge in [0.1, 0.15) is 17.2 Å². The van der Waals surface area contributed by atoms with Gasteiger partial charge in [-0.1, -0.05) is 71.8 Å². The van der Waals surface area contributed by atoms with Gasteiger partial charge < -0.3 is 29.4 Å². The molecule has 10 heteroatoms. The first kappa shape index (κ1) is 33.9. The first-order valence-electron chi connectivity index (χ1n) is 15.1. The van der Waals surface area contributed by atoms with Gasteiger partial charge in [0.2, 0.25) is 5.90 Å². The van der Waals surface area contributed by atoms with E-state index in [0.717, 1.165) is 11.1 Å². The number of hydrogen-bond donors (Lipinski definition) is 2. The van der Waals surface area contributed by atoms with Crippen LogP contribution in [0.25, 0.3) is 6.08 Å². The van der Waals surface area contributed by atoms with Gasteiger partial charge in [-0.2, -0.15) is 0 Å². The van der Waals surface area contributed by atoms with Crippen molar-refractivity contribution in [1.29, 1.82) is 0 Å². The van der Waals surface area contributed by atoms with Gasteiger partial charge in [-0.3, -0.25) is 4.79 Å². The number of benzene rings is 4. The Balaban J connectivity index is 1.55. The maximum atomic E-state index is 14.5. The van der Waals surface area contributed by atoms with E-state index in [1.54, 1.807) is 50.6 Å². The molecule has 244 valence electrons. The summed E-state index contributed by atoms with van der Waals surface area (Å²) >= 11 is 13.0. The number of aliphatic hydroxyl groups excluding tert-OH is 1. The highest BCUT2D eigenvalue weighted by molar-refractivity contribution is 6.35. The van der Waals surface area contributed by atoms with E-state index in [0.29, 0.717) is 51.4 Å². The van der Waals surface area contributed by atoms with E-state index in [1.807, 2.05) is 66.7 Å². The SMILES string of the molecule is COc1cc(CNC(=O)[C@]2(C/C=C/c3ccccc3)N=C(c3ccc(OCCCO)cc3)O[C@@H]2c2ccc(Cl)cc2Cl)cc(OC)c1. The lowest BCUT2D eigenvalue weighted by Crippen LogP contribution is -2.47. The number of carbonyl (C=O) groups is 1. The molecule has 5 rings (SSSR count). The van der Waals surface area contributed by atoms with Crippen molar-refractivity contribution in [3.63, 3.8) is 0 Å². The molecule has 0 radical (unpaired) electrons. The number of hydrogen-bond acceptors (Lipinski definition) is 7. The number of aliphatic imine (C=N–C) groups is 1. The number of carbonyl (C=O) groups excluding carboxylic acids is 1. The molecule has 0 saturated carbocycles. The van der Waals surface area contributed by atoms with Crippen molar-refractivity contribution in [1.82, 2.24) is 5.32 Å². The Kier molecular flexibility index (Phi) is 11.4. The molecule has 2 atom stereocenters. The Morgan fingerprint density at radius 1 is 0.957 bits per heavy atom. The summed E-state index contributed by atoms with van der Waals surface area (Å²) in [6.45, 7) is 0.620. The summed E-state index contributed by atoms with van der Waals surface area (Å²) in [7, 11) is 3.15. The maximum Gasteiger partial charge on any atom is 0.252 e. The molecule has 4 aromatic rings. The van der Waals surface area contributed by atoms with Crippen molar-refractivity contribution in [2.24, 2.45) is 4.99 Å². The molecule has 0 saturated heterocycles. The predicted molar refractivity (Wildman–Crippen MR) is 185 cm³/mol. The first-order valence-corrected chi connectivity index (χ1v) is 15.9. The minimum absolute atomic E-state index is 0.0472. The molecule has 1 aliphatic heterocycles. The van der Waals surface area contributed by atoms with Crippen LogP contribution < -0.4 is 19.5 Å². The lowest BCUT2D eigenvalue weighted by Gasteiger charge is -2.30. The Labute approximate surface area is 284 Å². The summed E-state index contributed by atoms with van der Waals surface area (Å²) in [5, 5.41) is 13.0. The quantitative estimate of drug-likeness (QED) is 0.135. The summed E-state index contributed by atoms with van der Waals surface area (Å²) in [6, 6.07) is 27.6. The number of rotatable bonds is 14. The molecule has 0 unspecified atom stereocenters. The molecule has 4 aromatic carbocycles. The summed E-state index contributed by atoms with van der Waals surface area (Å²) in [5.74, 6) is 1.78. The fourth-order valence-electron chi connectivity index (χ4n) is 5.25. The van der Waals surface area contributed by atoms with Gasteiger partial charge in [0.05, 0.1) is 20.8 Å². The molecule has 0 fully saturated rings. The van der Waals surface area contributed by atoms with Gasteiger partial charge in [0.15, 0.2) is 11.6 Å². The minimum Gasteiger partial charge on any atom is -0.497 e. The molecule has 0 aliphatic carbocycles. The van der Waals surface area contributed by atoms with Gasteiger partial charge in [-0.05, 0) is 59.7 Å². The van der Waals surface area contributed by atoms with Gasteiger partial charge in [0, 0.05) is 53.2 Å². The van der Waals surface area contributed by atoms with E-state index >= 15 is 0 Å². The van der Waals surface area contributed by atoms with E-state index in [-0.39, 0.29) is 31.4 Å². The van der Waals surface area contributed by atoms with Crippen LogP contribution in [0.15, 0.2) is 102 Å². The second kappa shape index (κ2) is 15.9. The number of nitrogens with one attached hydrogen (secondary N) is 1. The second-order valence-corrected chi connectivity index (χ2v) is 11.7. The number of amides is 1. The molecule has 47 heavy (non-hydrogen) atoms. The van der Waals surface area contributed by atoms with E-state index < -0.39 is 11.6 Å². The smallest absolute Gasteiger partial charge is 0.252 e. The van der Waals surface area contributed by atoms with Crippen LogP contribution in [0.4, 0.5) is 0 Å². The topological polar surface area (TPSA) is 98.6 Å². The number of aliphatic hydroxyl groups is 1. The number of ether oxygens (including phenoxy) is 4. The molecule has 8 nitrogen and oxygen atoms in total. The summed E-state index contributed by atoms with van der Waals surface area (Å²) in [5.41, 5.74) is 1.55. The third kappa shape index (κ3) is 8.27. The fraction of sp³-hybridized carbons (Fsp3) is 0.243. The van der Waals surface area contributed by atoms with Gasteiger partial charge in [0.25, 0.3) is 5.91 Å². The predicted octanol–water partition coefficient (Wildman–Crippen LogP) is 7.45. The summed E-state index contributed by atoms with van der Waals surface area (Å²) in [6.07, 6.45) is 3.72. The third-order valence-corrected chi connectivity index (χ3v) is 8.24. The van der Waals surface area contributed by atoms with Crippen LogP contribution in [0.1, 0.15) is 41.2 Å². The fourth-order valence-corrected chi connectivity index (χ4v) is 5.76. The van der Waals surface area contributed by atoms with Crippen LogP contribution in [0.2, 0.25) is 10.0 Å². The molecule has 0 aromatic heterocycles. The Bertz CT molecular complexity index is 1710. The lowest BCUT2D eigenvalue weighted by molar-refractivity contribution is -0.129. The van der Waals surface area contributed by atoms with Crippen molar-refractivity contribution in [2.75, 3.05) is 27.4 Å². The first-order chi connectivity index (χ1) is 22.8. The highest BCUT2D eigenvalue weighted by Crippen LogP contribution is 2.45. The second-order valence-electron chi connectivity index (χ2n) is 10.9. The number of nitrogens with zero attached hydrogens (tertiary/aromatic N) is 1. The van der Waals surface area contributed by atoms with Gasteiger partial charge >= 0.3 is 0 Å². The van der Waals surface area contributed by atoms with Crippen molar-refractivity contribution in [2.45, 2.75) is 31.0 Å². The molecule has 2 N–H and O–H groups in total. The maximum absolute atomic E-state index is 14.5. The molecule has 0 spiro atoms. The largest absolute Gasteiger partial charge is 0.497 e. The normalized spacial score (nSPS) is 17.2. The zero-order chi connectivity index (χ0) is 33.2. The van der Waals surface area contributed by atoms with Crippen LogP contribution in [0, 0.1) is 0 Å². The van der Waals surface area contributed by atoms with Gasteiger partial charge in [-0.25, -0.2) is 4.99 Å². The highest BCUT2D eigenvalue weighted by Gasteiger charge is 2.53. The van der Waals surface area contributed by atoms with Gasteiger partial charge in [-0.15, -0.1) is 0 Å². The van der Waals surface area contributed by atoms with Crippen LogP contribution in [-0.2, 0) is 16.1 Å². The van der Waals surface area contributed by atoms with Crippen molar-refractivity contribution < 1.29 is 28.8 Å². The van der Waals surface area contributed by atoms with Crippen LogP contribution in [0.3, 0.4) is 0 Å². The van der Waals surface area contributed by atoms with Crippen LogP contribution in [-0.4, -0.2) is 49.9 Å². The number of halogens is 2. The molecule has 1 amide bonds. The van der Waals surface area contributed by atoms with E-state index in [4.69, 9.17) is 52.2 Å². The molecular formula is C37H36Cl2N2O6. The van der Waals surface area contributed by atoms with E-state index in [9.17, 15) is 4.79 Å². The zero-order valence-corrected chi connectivity index (χ0v) is 27.6. The highest BCUT2D eigenvalue weighted by atomic mass is 35.5. The standard InChI is InChI=1S/C37H36Cl2N2O6/c1-44-30-20-26(21-31(23-30)45-2)24-40-36(43)37(17-6-10-25-8-4-3-5-9-25)34(32-16-13-28(38)22-33(32)39)47-35(41-37)27-11-14-29(15-12-27)46-19-7-18-42/h3-6,8-16,20-23,34,42H,7,17-19,24H2,1-2H3,(H,40,43)/b10-6+/t34-,37-/m1/s1. The number of methoxy groups -OCH3 is 2. The summed E-state index contributed by atoms with van der Waals surface area (Å²) < 4.78 is 23.1.